The number of ether oxygens (including phenoxy) is 1. The van der Waals surface area contributed by atoms with Crippen LogP contribution in [0.2, 0.25) is 0 Å². The number of nitrogens with zero attached hydrogens (tertiary/aromatic N) is 1. The van der Waals surface area contributed by atoms with Crippen molar-refractivity contribution in [2.45, 2.75) is 89.9 Å². The Morgan fingerprint density at radius 2 is 1.66 bits per heavy atom. The van der Waals surface area contributed by atoms with Gasteiger partial charge in [-0.05, 0) is 117 Å². The average Bonchev–Trinajstić information content (AvgIpc) is 3.78. The Bertz CT molecular complexity index is 1910. The first-order valence-corrected chi connectivity index (χ1v) is 20.4. The standard InChI is InChI=1S/C45H54N2O5S/c1-30(31-9-6-5-7-10-31)46-40(50)47(25-19-35-11-8-26-53-35)29-44(51)22-18-38-42(44,3)21-17-37-41(2)20-16-33(48)27-43(41)23-24-45(37,38)36(28-43)39(49)32-12-14-34(52-4)15-13-32/h5-15,23-24,26,28,30,33,37-38,48,51H,16-22,25,27,29H2,1-4H3,(H,46,50)/t30-,33?,37-,38-,41-,42+,43+,44-,45-/m1/s1. The molecule has 1 heterocycles. The van der Waals surface area contributed by atoms with Crippen molar-refractivity contribution in [3.63, 3.8) is 0 Å². The van der Waals surface area contributed by atoms with Crippen molar-refractivity contribution >= 4 is 23.2 Å². The fourth-order valence-electron chi connectivity index (χ4n) is 11.9. The van der Waals surface area contributed by atoms with Crippen LogP contribution in [0.3, 0.4) is 0 Å². The number of aliphatic hydroxyl groups excluding tert-OH is 1. The molecule has 3 N–H and O–H groups in total. The molecule has 3 saturated carbocycles. The Balaban J connectivity index is 1.16. The summed E-state index contributed by atoms with van der Waals surface area (Å²) < 4.78 is 5.42. The van der Waals surface area contributed by atoms with Crippen molar-refractivity contribution < 1.29 is 24.5 Å². The highest BCUT2D eigenvalue weighted by Crippen LogP contribution is 2.78. The molecule has 6 aliphatic rings. The zero-order chi connectivity index (χ0) is 37.2. The van der Waals surface area contributed by atoms with Crippen LogP contribution in [-0.2, 0) is 6.42 Å². The Hall–Kier alpha value is -3.72. The lowest BCUT2D eigenvalue weighted by Gasteiger charge is -2.71. The van der Waals surface area contributed by atoms with Crippen LogP contribution < -0.4 is 10.1 Å². The second-order valence-electron chi connectivity index (χ2n) is 17.2. The van der Waals surface area contributed by atoms with Crippen LogP contribution in [0.1, 0.15) is 92.6 Å². The number of nitrogens with one attached hydrogen (secondary N) is 1. The summed E-state index contributed by atoms with van der Waals surface area (Å²) in [6.07, 6.45) is 12.5. The number of benzene rings is 2. The second-order valence-corrected chi connectivity index (χ2v) is 18.2. The summed E-state index contributed by atoms with van der Waals surface area (Å²) in [5.74, 6) is 0.918. The van der Waals surface area contributed by atoms with Gasteiger partial charge in [-0.15, -0.1) is 11.3 Å². The van der Waals surface area contributed by atoms with Gasteiger partial charge in [0.2, 0.25) is 0 Å². The van der Waals surface area contributed by atoms with E-state index in [9.17, 15) is 19.8 Å². The molecule has 1 unspecified atom stereocenters. The lowest BCUT2D eigenvalue weighted by molar-refractivity contribution is -0.174. The molecular formula is C45H54N2O5S. The maximum absolute atomic E-state index is 14.9. The Kier molecular flexibility index (Phi) is 9.06. The van der Waals surface area contributed by atoms with Crippen LogP contribution in [-0.4, -0.2) is 58.8 Å². The smallest absolute Gasteiger partial charge is 0.317 e. The molecule has 53 heavy (non-hydrogen) atoms. The van der Waals surface area contributed by atoms with E-state index in [0.717, 1.165) is 43.2 Å². The number of aliphatic hydroxyl groups is 2. The topological polar surface area (TPSA) is 99.1 Å². The van der Waals surface area contributed by atoms with Gasteiger partial charge in [0.25, 0.3) is 0 Å². The fraction of sp³-hybridized carbons (Fsp3) is 0.511. The summed E-state index contributed by atoms with van der Waals surface area (Å²) in [6, 6.07) is 21.2. The van der Waals surface area contributed by atoms with Crippen LogP contribution in [0.15, 0.2) is 95.9 Å². The summed E-state index contributed by atoms with van der Waals surface area (Å²) >= 11 is 1.69. The first-order chi connectivity index (χ1) is 25.4. The van der Waals surface area contributed by atoms with E-state index in [1.165, 1.54) is 4.88 Å². The van der Waals surface area contributed by atoms with Gasteiger partial charge in [0.1, 0.15) is 5.75 Å². The lowest BCUT2D eigenvalue weighted by atomic mass is 9.32. The first-order valence-electron chi connectivity index (χ1n) is 19.5. The van der Waals surface area contributed by atoms with Crippen molar-refractivity contribution in [2.24, 2.45) is 33.5 Å². The zero-order valence-corrected chi connectivity index (χ0v) is 32.3. The number of ketones is 1. The molecule has 2 spiro atoms. The quantitative estimate of drug-likeness (QED) is 0.143. The molecule has 2 amide bonds. The van der Waals surface area contributed by atoms with Crippen LogP contribution in [0.25, 0.3) is 0 Å². The van der Waals surface area contributed by atoms with Gasteiger partial charge in [-0.1, -0.05) is 68.5 Å². The van der Waals surface area contributed by atoms with Crippen molar-refractivity contribution in [3.8, 4) is 5.75 Å². The van der Waals surface area contributed by atoms with Crippen molar-refractivity contribution in [3.05, 3.63) is 112 Å². The highest BCUT2D eigenvalue weighted by molar-refractivity contribution is 7.09. The predicted molar refractivity (Wildman–Crippen MR) is 209 cm³/mol. The van der Waals surface area contributed by atoms with Gasteiger partial charge in [-0.25, -0.2) is 4.79 Å². The normalized spacial score (nSPS) is 35.7. The number of carbonyl (C=O) groups excluding carboxylic acids is 2. The van der Waals surface area contributed by atoms with E-state index in [1.54, 1.807) is 18.4 Å². The minimum Gasteiger partial charge on any atom is -0.497 e. The molecule has 0 radical (unpaired) electrons. The predicted octanol–water partition coefficient (Wildman–Crippen LogP) is 8.55. The Morgan fingerprint density at radius 3 is 2.38 bits per heavy atom. The molecule has 280 valence electrons. The molecule has 8 heteroatoms. The minimum absolute atomic E-state index is 0.00382. The van der Waals surface area contributed by atoms with Crippen LogP contribution in [0, 0.1) is 33.5 Å². The number of carbonyl (C=O) groups is 2. The third-order valence-electron chi connectivity index (χ3n) is 14.9. The number of amides is 2. The van der Waals surface area contributed by atoms with E-state index in [-0.39, 0.29) is 41.7 Å². The van der Waals surface area contributed by atoms with E-state index in [4.69, 9.17) is 4.74 Å². The molecular weight excluding hydrogens is 681 g/mol. The maximum Gasteiger partial charge on any atom is 0.317 e. The second kappa shape index (κ2) is 13.2. The van der Waals surface area contributed by atoms with Gasteiger partial charge >= 0.3 is 6.03 Å². The van der Waals surface area contributed by atoms with Gasteiger partial charge < -0.3 is 25.2 Å². The Labute approximate surface area is 318 Å². The highest BCUT2D eigenvalue weighted by Gasteiger charge is 2.74. The molecule has 0 saturated heterocycles. The molecule has 2 bridgehead atoms. The van der Waals surface area contributed by atoms with Gasteiger partial charge in [0.15, 0.2) is 5.78 Å². The number of urea groups is 1. The molecule has 0 aliphatic heterocycles. The number of methoxy groups -OCH3 is 1. The van der Waals surface area contributed by atoms with Gasteiger partial charge in [0.05, 0.1) is 31.4 Å². The number of hydrogen-bond acceptors (Lipinski definition) is 6. The molecule has 7 nitrogen and oxygen atoms in total. The summed E-state index contributed by atoms with van der Waals surface area (Å²) in [5, 5.41) is 29.5. The van der Waals surface area contributed by atoms with Crippen LogP contribution >= 0.6 is 11.3 Å². The number of fused-ring (bicyclic) bond motifs is 1. The molecule has 2 aromatic carbocycles. The fourth-order valence-corrected chi connectivity index (χ4v) is 12.6. The summed E-state index contributed by atoms with van der Waals surface area (Å²) in [4.78, 5) is 32.2. The molecule has 9 rings (SSSR count). The average molecular weight is 735 g/mol. The van der Waals surface area contributed by atoms with E-state index in [2.05, 4.69) is 48.8 Å². The summed E-state index contributed by atoms with van der Waals surface area (Å²) in [7, 11) is 1.63. The number of thiophene rings is 1. The molecule has 6 aliphatic carbocycles. The number of Topliss-reactive ketones (excluding diaryl/α,β-unsaturated/α-hetero) is 1. The molecule has 3 fully saturated rings. The maximum atomic E-state index is 14.9. The van der Waals surface area contributed by atoms with E-state index in [0.29, 0.717) is 37.1 Å². The molecule has 3 aromatic rings. The highest BCUT2D eigenvalue weighted by atomic mass is 32.1. The monoisotopic (exact) mass is 734 g/mol. The van der Waals surface area contributed by atoms with Crippen molar-refractivity contribution in [1.29, 1.82) is 0 Å². The van der Waals surface area contributed by atoms with Gasteiger partial charge in [-0.3, -0.25) is 4.79 Å². The minimum atomic E-state index is -1.15. The Morgan fingerprint density at radius 1 is 0.943 bits per heavy atom. The lowest BCUT2D eigenvalue weighted by Crippen LogP contribution is -2.67. The van der Waals surface area contributed by atoms with Crippen LogP contribution in [0.5, 0.6) is 5.75 Å². The largest absolute Gasteiger partial charge is 0.497 e. The molecule has 1 aromatic heterocycles. The summed E-state index contributed by atoms with van der Waals surface area (Å²) in [6.45, 7) is 7.37. The zero-order valence-electron chi connectivity index (χ0n) is 31.5. The van der Waals surface area contributed by atoms with Gasteiger partial charge in [-0.2, -0.15) is 0 Å². The van der Waals surface area contributed by atoms with E-state index in [1.807, 2.05) is 72.5 Å². The third-order valence-corrected chi connectivity index (χ3v) is 15.8. The van der Waals surface area contributed by atoms with Gasteiger partial charge in [0, 0.05) is 38.8 Å². The third kappa shape index (κ3) is 5.57. The van der Waals surface area contributed by atoms with E-state index >= 15 is 0 Å². The van der Waals surface area contributed by atoms with E-state index < -0.39 is 27.9 Å². The number of hydrogen-bond donors (Lipinski definition) is 3. The SMILES string of the molecule is COc1ccc(C(=O)C2=C[C@@]34C=C[C@@]25[C@@H]2CC[C@@](O)(CN(CCc6cccs6)C(=O)N[C@H](C)c6ccccc6)[C@@]2(C)CC[C@@H]5[C@@]3(C)CCC(O)C4)cc1. The first kappa shape index (κ1) is 36.3. The number of allylic oxidation sites excluding steroid dienone is 4. The van der Waals surface area contributed by atoms with Crippen molar-refractivity contribution in [1.82, 2.24) is 10.2 Å². The van der Waals surface area contributed by atoms with Crippen molar-refractivity contribution in [2.75, 3.05) is 20.2 Å². The van der Waals surface area contributed by atoms with Crippen LogP contribution in [0.4, 0.5) is 4.79 Å². The molecule has 9 atom stereocenters. The number of rotatable bonds is 10. The summed E-state index contributed by atoms with van der Waals surface area (Å²) in [5.41, 5.74) is -0.310.